The van der Waals surface area contributed by atoms with Gasteiger partial charge in [0.15, 0.2) is 0 Å². The summed E-state index contributed by atoms with van der Waals surface area (Å²) in [5.74, 6) is -2.15. The van der Waals surface area contributed by atoms with Crippen LogP contribution in [0.4, 0.5) is 0 Å². The van der Waals surface area contributed by atoms with Crippen molar-refractivity contribution in [3.63, 3.8) is 0 Å². The molecule has 0 bridgehead atoms. The summed E-state index contributed by atoms with van der Waals surface area (Å²) >= 11 is 0. The molecule has 0 rings (SSSR count). The average Bonchev–Trinajstić information content (AvgIpc) is 1.61. The Bertz CT molecular complexity index is 97.1. The monoisotopic (exact) mass is 313 g/mol. The quantitative estimate of drug-likeness (QED) is 0.765. The molecule has 0 amide bonds. The largest absolute Gasteiger partial charge is 0.481 e. The van der Waals surface area contributed by atoms with Crippen LogP contribution in [0.2, 0.25) is 0 Å². The molecule has 0 heterocycles. The number of rotatable bonds is 3. The molecule has 56 valence electrons. The second-order valence-corrected chi connectivity index (χ2v) is 1.29. The minimum Gasteiger partial charge on any atom is -0.481 e. The molecule has 0 spiro atoms. The number of carboxylic acid groups (broad SMARTS) is 2. The van der Waals surface area contributed by atoms with Crippen LogP contribution in [-0.2, 0) is 30.7 Å². The van der Waals surface area contributed by atoms with Crippen LogP contribution in [0.3, 0.4) is 0 Å². The van der Waals surface area contributed by atoms with E-state index in [0.717, 1.165) is 0 Å². The van der Waals surface area contributed by atoms with Gasteiger partial charge in [0.05, 0.1) is 12.8 Å². The molecule has 0 aliphatic carbocycles. The van der Waals surface area contributed by atoms with E-state index < -0.39 is 11.9 Å². The molecule has 0 atom stereocenters. The second-order valence-electron chi connectivity index (χ2n) is 1.29. The van der Waals surface area contributed by atoms with Crippen LogP contribution < -0.4 is 0 Å². The van der Waals surface area contributed by atoms with Crippen LogP contribution >= 0.6 is 0 Å². The number of hydrogen-bond acceptors (Lipinski definition) is 2. The zero-order valence-corrected chi connectivity index (χ0v) is 6.71. The summed E-state index contributed by atoms with van der Waals surface area (Å²) in [6.07, 6.45) is -0.593. The third kappa shape index (κ3) is 11.3. The van der Waals surface area contributed by atoms with Gasteiger partial charge >= 0.3 is 11.9 Å². The van der Waals surface area contributed by atoms with Crippen molar-refractivity contribution in [3.05, 3.63) is 0 Å². The molecule has 0 saturated carbocycles. The maximum Gasteiger partial charge on any atom is 0.303 e. The van der Waals surface area contributed by atoms with Crippen molar-refractivity contribution in [2.45, 2.75) is 12.8 Å². The van der Waals surface area contributed by atoms with E-state index in [1.54, 1.807) is 0 Å². The van der Waals surface area contributed by atoms with Crippen molar-refractivity contribution in [1.29, 1.82) is 0 Å². The molecule has 9 heavy (non-hydrogen) atoms. The predicted octanol–water partition coefficient (Wildman–Crippen LogP) is -0.0667. The molecular formula is C4H6O4Pt. The molecule has 4 nitrogen and oxygen atoms in total. The first-order chi connectivity index (χ1) is 3.63. The standard InChI is InChI=1S/C4H6O4.Pt/c5-3(6)1-2-4(7)8;/h1-2H2,(H,5,6)(H,7,8);. The van der Waals surface area contributed by atoms with Crippen LogP contribution in [0.15, 0.2) is 0 Å². The molecule has 0 radical (unpaired) electrons. The van der Waals surface area contributed by atoms with Gasteiger partial charge in [-0.05, 0) is 0 Å². The maximum absolute atomic E-state index is 9.64. The smallest absolute Gasteiger partial charge is 0.303 e. The number of hydrogen-bond donors (Lipinski definition) is 2. The summed E-state index contributed by atoms with van der Waals surface area (Å²) in [5.41, 5.74) is 0. The van der Waals surface area contributed by atoms with Crippen molar-refractivity contribution in [2.75, 3.05) is 0 Å². The van der Waals surface area contributed by atoms with Gasteiger partial charge in [-0.25, -0.2) is 0 Å². The van der Waals surface area contributed by atoms with Gasteiger partial charge in [-0.2, -0.15) is 0 Å². The second kappa shape index (κ2) is 5.76. The third-order valence-electron chi connectivity index (χ3n) is 0.553. The maximum atomic E-state index is 9.64. The topological polar surface area (TPSA) is 74.6 Å². The molecule has 0 aromatic heterocycles. The molecular weight excluding hydrogens is 307 g/mol. The Balaban J connectivity index is 0. The summed E-state index contributed by atoms with van der Waals surface area (Å²) in [4.78, 5) is 19.3. The van der Waals surface area contributed by atoms with Gasteiger partial charge in [0, 0.05) is 21.1 Å². The SMILES string of the molecule is O=C(O)CCC(=O)O.[Pt]. The summed E-state index contributed by atoms with van der Waals surface area (Å²) < 4.78 is 0. The third-order valence-corrected chi connectivity index (χ3v) is 0.553. The minimum absolute atomic E-state index is 0. The Morgan fingerprint density at radius 3 is 1.33 bits per heavy atom. The van der Waals surface area contributed by atoms with Gasteiger partial charge in [-0.1, -0.05) is 0 Å². The number of aliphatic carboxylic acids is 2. The first-order valence-electron chi connectivity index (χ1n) is 2.06. The Hall–Kier alpha value is -0.372. The Labute approximate surface area is 66.1 Å². The van der Waals surface area contributed by atoms with Gasteiger partial charge in [0.25, 0.3) is 0 Å². The van der Waals surface area contributed by atoms with Crippen LogP contribution in [0.1, 0.15) is 12.8 Å². The molecule has 0 unspecified atom stereocenters. The van der Waals surface area contributed by atoms with E-state index in [0.29, 0.717) is 0 Å². The van der Waals surface area contributed by atoms with Gasteiger partial charge < -0.3 is 10.2 Å². The van der Waals surface area contributed by atoms with Crippen molar-refractivity contribution >= 4 is 11.9 Å². The summed E-state index contributed by atoms with van der Waals surface area (Å²) in [6, 6.07) is 0. The van der Waals surface area contributed by atoms with Gasteiger partial charge in [-0.15, -0.1) is 0 Å². The average molecular weight is 313 g/mol. The molecule has 0 fully saturated rings. The van der Waals surface area contributed by atoms with Gasteiger partial charge in [-0.3, -0.25) is 9.59 Å². The Morgan fingerprint density at radius 2 is 1.22 bits per heavy atom. The Morgan fingerprint density at radius 1 is 1.00 bits per heavy atom. The van der Waals surface area contributed by atoms with Gasteiger partial charge in [0.2, 0.25) is 0 Å². The van der Waals surface area contributed by atoms with E-state index in [2.05, 4.69) is 0 Å². The van der Waals surface area contributed by atoms with Crippen LogP contribution in [-0.4, -0.2) is 22.2 Å². The van der Waals surface area contributed by atoms with E-state index in [1.807, 2.05) is 0 Å². The fraction of sp³-hybridized carbons (Fsp3) is 0.500. The number of carboxylic acids is 2. The molecule has 0 aliphatic rings. The van der Waals surface area contributed by atoms with E-state index >= 15 is 0 Å². The first kappa shape index (κ1) is 11.4. The van der Waals surface area contributed by atoms with Crippen molar-refractivity contribution in [1.82, 2.24) is 0 Å². The van der Waals surface area contributed by atoms with Crippen LogP contribution in [0, 0.1) is 0 Å². The molecule has 0 aromatic rings. The normalized spacial score (nSPS) is 7.56. The Kier molecular flexibility index (Phi) is 7.31. The molecule has 0 aromatic carbocycles. The fourth-order valence-electron chi connectivity index (χ4n) is 0.214. The van der Waals surface area contributed by atoms with E-state index in [4.69, 9.17) is 10.2 Å². The van der Waals surface area contributed by atoms with Crippen molar-refractivity contribution in [3.8, 4) is 0 Å². The molecule has 5 heteroatoms. The molecule has 0 aliphatic heterocycles. The van der Waals surface area contributed by atoms with E-state index in [-0.39, 0.29) is 33.9 Å². The van der Waals surface area contributed by atoms with Gasteiger partial charge in [0.1, 0.15) is 0 Å². The summed E-state index contributed by atoms with van der Waals surface area (Å²) in [5, 5.41) is 15.8. The van der Waals surface area contributed by atoms with E-state index in [9.17, 15) is 9.59 Å². The zero-order chi connectivity index (χ0) is 6.57. The van der Waals surface area contributed by atoms with Crippen molar-refractivity contribution < 1.29 is 40.9 Å². The summed E-state index contributed by atoms with van der Waals surface area (Å²) in [6.45, 7) is 0. The minimum atomic E-state index is -1.08. The molecule has 0 saturated heterocycles. The molecule has 2 N–H and O–H groups in total. The predicted molar refractivity (Wildman–Crippen MR) is 24.5 cm³/mol. The van der Waals surface area contributed by atoms with Crippen LogP contribution in [0.5, 0.6) is 0 Å². The van der Waals surface area contributed by atoms with Crippen molar-refractivity contribution in [2.24, 2.45) is 0 Å². The van der Waals surface area contributed by atoms with E-state index in [1.165, 1.54) is 0 Å². The van der Waals surface area contributed by atoms with Crippen LogP contribution in [0.25, 0.3) is 0 Å². The first-order valence-corrected chi connectivity index (χ1v) is 2.06. The zero-order valence-electron chi connectivity index (χ0n) is 4.44. The fourth-order valence-corrected chi connectivity index (χ4v) is 0.214. The number of carbonyl (C=O) groups is 2. The summed E-state index contributed by atoms with van der Waals surface area (Å²) in [7, 11) is 0.